The highest BCUT2D eigenvalue weighted by Gasteiger charge is 2.17. The summed E-state index contributed by atoms with van der Waals surface area (Å²) in [5.74, 6) is -0.0878. The van der Waals surface area contributed by atoms with Crippen LogP contribution in [0.25, 0.3) is 0 Å². The van der Waals surface area contributed by atoms with Crippen LogP contribution in [0.5, 0.6) is 0 Å². The summed E-state index contributed by atoms with van der Waals surface area (Å²) >= 11 is 0. The molecule has 0 bridgehead atoms. The van der Waals surface area contributed by atoms with E-state index in [0.29, 0.717) is 6.42 Å². The molecule has 0 saturated heterocycles. The fourth-order valence-electron chi connectivity index (χ4n) is 5.20. The highest BCUT2D eigenvalue weighted by molar-refractivity contribution is 5.76. The molecule has 0 rings (SSSR count). The molecule has 0 heterocycles. The van der Waals surface area contributed by atoms with Gasteiger partial charge >= 0.3 is 0 Å². The van der Waals surface area contributed by atoms with Crippen molar-refractivity contribution in [2.75, 3.05) is 6.61 Å². The molecule has 3 N–H and O–H groups in total. The lowest BCUT2D eigenvalue weighted by molar-refractivity contribution is -0.123. The third kappa shape index (κ3) is 36.3. The van der Waals surface area contributed by atoms with Crippen LogP contribution in [0.15, 0.2) is 109 Å². The molecule has 50 heavy (non-hydrogen) atoms. The predicted molar refractivity (Wildman–Crippen MR) is 220 cm³/mol. The molecule has 282 valence electrons. The number of nitrogens with one attached hydrogen (secondary N) is 1. The van der Waals surface area contributed by atoms with Crippen LogP contribution in [0.2, 0.25) is 0 Å². The number of rotatable bonds is 34. The first-order valence-corrected chi connectivity index (χ1v) is 20.1. The smallest absolute Gasteiger partial charge is 0.220 e. The maximum atomic E-state index is 12.2. The van der Waals surface area contributed by atoms with E-state index in [4.69, 9.17) is 0 Å². The minimum Gasteiger partial charge on any atom is -0.394 e. The molecule has 4 nitrogen and oxygen atoms in total. The number of carbonyl (C=O) groups excluding carboxylic acids is 1. The van der Waals surface area contributed by atoms with Crippen LogP contribution in [0.1, 0.15) is 155 Å². The second-order valence-corrected chi connectivity index (χ2v) is 13.0. The van der Waals surface area contributed by atoms with Gasteiger partial charge < -0.3 is 15.5 Å². The number of aliphatic hydroxyl groups excluding tert-OH is 2. The summed E-state index contributed by atoms with van der Waals surface area (Å²) in [4.78, 5) is 12.2. The van der Waals surface area contributed by atoms with E-state index in [0.717, 1.165) is 77.0 Å². The minimum atomic E-state index is -0.843. The fraction of sp³-hybridized carbons (Fsp3) is 0.587. The van der Waals surface area contributed by atoms with Gasteiger partial charge in [-0.15, -0.1) is 0 Å². The summed E-state index contributed by atoms with van der Waals surface area (Å²) in [6.45, 7) is 3.97. The minimum absolute atomic E-state index is 0.0878. The van der Waals surface area contributed by atoms with Gasteiger partial charge in [-0.2, -0.15) is 0 Å². The van der Waals surface area contributed by atoms with E-state index in [-0.39, 0.29) is 12.5 Å². The van der Waals surface area contributed by atoms with Gasteiger partial charge in [0.15, 0.2) is 0 Å². The van der Waals surface area contributed by atoms with Crippen molar-refractivity contribution >= 4 is 5.91 Å². The van der Waals surface area contributed by atoms with Crippen molar-refractivity contribution in [2.45, 2.75) is 167 Å². The number of unbranched alkanes of at least 4 members (excludes halogenated alkanes) is 11. The SMILES string of the molecule is CC/C=C\C/C=C\C/C=C\C/C=C\C/C=C\C/C=C\C/C=C\C/C=C\CCCCCCCCCCCCC(=O)NC(CO)C(O)/C=C/CCC. The Balaban J connectivity index is 3.55. The summed E-state index contributed by atoms with van der Waals surface area (Å²) in [6, 6.07) is -0.626. The Morgan fingerprint density at radius 3 is 1.28 bits per heavy atom. The van der Waals surface area contributed by atoms with Crippen LogP contribution in [0.4, 0.5) is 0 Å². The van der Waals surface area contributed by atoms with Crippen LogP contribution in [-0.2, 0) is 4.79 Å². The Hall–Kier alpha value is -2.95. The van der Waals surface area contributed by atoms with E-state index < -0.39 is 12.1 Å². The Morgan fingerprint density at radius 2 is 0.880 bits per heavy atom. The number of aliphatic hydroxyl groups is 2. The van der Waals surface area contributed by atoms with Crippen LogP contribution in [0.3, 0.4) is 0 Å². The van der Waals surface area contributed by atoms with Crippen LogP contribution < -0.4 is 5.32 Å². The van der Waals surface area contributed by atoms with Gasteiger partial charge in [0.05, 0.1) is 18.8 Å². The Bertz CT molecular complexity index is 1010. The van der Waals surface area contributed by atoms with Crippen molar-refractivity contribution in [3.05, 3.63) is 109 Å². The number of carbonyl (C=O) groups is 1. The molecule has 2 unspecified atom stereocenters. The highest BCUT2D eigenvalue weighted by Crippen LogP contribution is 2.12. The van der Waals surface area contributed by atoms with Crippen LogP contribution in [-0.4, -0.2) is 34.9 Å². The van der Waals surface area contributed by atoms with E-state index in [1.807, 2.05) is 6.08 Å². The van der Waals surface area contributed by atoms with Crippen molar-refractivity contribution in [1.82, 2.24) is 5.32 Å². The largest absolute Gasteiger partial charge is 0.394 e. The standard InChI is InChI=1S/C46H75NO3/c1-3-5-7-8-9-10-11-12-13-14-15-16-17-18-19-20-21-22-23-24-25-26-27-28-29-30-31-32-33-34-35-36-37-38-40-42-46(50)47-44(43-48)45(49)41-39-6-4-2/h5,7,9-10,12-13,15-16,18-19,21-22,24-25,27-28,39,41,44-45,48-49H,3-4,6,8,11,14,17,20,23,26,29-38,40,42-43H2,1-2H3,(H,47,50)/b7-5-,10-9-,13-12-,16-15-,19-18-,22-21-,25-24-,28-27-,41-39+. The first kappa shape index (κ1) is 47.0. The number of amides is 1. The van der Waals surface area contributed by atoms with E-state index in [1.165, 1.54) is 57.8 Å². The number of hydrogen-bond acceptors (Lipinski definition) is 3. The summed E-state index contributed by atoms with van der Waals surface area (Å²) in [5, 5.41) is 22.4. The molecule has 0 saturated carbocycles. The topological polar surface area (TPSA) is 69.6 Å². The fourth-order valence-corrected chi connectivity index (χ4v) is 5.20. The first-order chi connectivity index (χ1) is 24.7. The van der Waals surface area contributed by atoms with Gasteiger partial charge in [0.2, 0.25) is 5.91 Å². The molecule has 0 fully saturated rings. The molecular formula is C46H75NO3. The van der Waals surface area contributed by atoms with Gasteiger partial charge in [-0.3, -0.25) is 4.79 Å². The molecule has 0 radical (unpaired) electrons. The second kappa shape index (κ2) is 40.5. The molecule has 0 aliphatic rings. The molecule has 0 aromatic heterocycles. The predicted octanol–water partition coefficient (Wildman–Crippen LogP) is 12.5. The monoisotopic (exact) mass is 690 g/mol. The van der Waals surface area contributed by atoms with Gasteiger partial charge in [0.25, 0.3) is 0 Å². The van der Waals surface area contributed by atoms with Crippen molar-refractivity contribution < 1.29 is 15.0 Å². The van der Waals surface area contributed by atoms with Crippen molar-refractivity contribution in [2.24, 2.45) is 0 Å². The molecule has 2 atom stereocenters. The zero-order chi connectivity index (χ0) is 36.4. The number of hydrogen-bond donors (Lipinski definition) is 3. The average Bonchev–Trinajstić information content (AvgIpc) is 3.12. The second-order valence-electron chi connectivity index (χ2n) is 13.0. The van der Waals surface area contributed by atoms with Gasteiger partial charge in [0, 0.05) is 6.42 Å². The number of allylic oxidation sites excluding steroid dienone is 17. The molecule has 0 aliphatic carbocycles. The Labute approximate surface area is 308 Å². The molecule has 0 spiro atoms. The molecule has 0 aliphatic heterocycles. The van der Waals surface area contributed by atoms with Crippen molar-refractivity contribution in [3.8, 4) is 0 Å². The average molecular weight is 690 g/mol. The van der Waals surface area contributed by atoms with E-state index in [2.05, 4.69) is 116 Å². The summed E-state index contributed by atoms with van der Waals surface area (Å²) in [5.41, 5.74) is 0. The van der Waals surface area contributed by atoms with Crippen molar-refractivity contribution in [3.63, 3.8) is 0 Å². The van der Waals surface area contributed by atoms with Crippen LogP contribution in [0, 0.1) is 0 Å². The summed E-state index contributed by atoms with van der Waals surface area (Å²) < 4.78 is 0. The molecule has 4 heteroatoms. The molecular weight excluding hydrogens is 615 g/mol. The third-order valence-electron chi connectivity index (χ3n) is 8.24. The zero-order valence-corrected chi connectivity index (χ0v) is 32.1. The Morgan fingerprint density at radius 1 is 0.500 bits per heavy atom. The summed E-state index contributed by atoms with van der Waals surface area (Å²) in [7, 11) is 0. The Kier molecular flexibility index (Phi) is 38.1. The van der Waals surface area contributed by atoms with E-state index >= 15 is 0 Å². The first-order valence-electron chi connectivity index (χ1n) is 20.1. The van der Waals surface area contributed by atoms with Crippen LogP contribution >= 0.6 is 0 Å². The van der Waals surface area contributed by atoms with Gasteiger partial charge in [0.1, 0.15) is 0 Å². The van der Waals surface area contributed by atoms with Gasteiger partial charge in [-0.1, -0.05) is 181 Å². The zero-order valence-electron chi connectivity index (χ0n) is 32.1. The maximum absolute atomic E-state index is 12.2. The lowest BCUT2D eigenvalue weighted by atomic mass is 10.0. The third-order valence-corrected chi connectivity index (χ3v) is 8.24. The molecule has 0 aromatic rings. The summed E-state index contributed by atoms with van der Waals surface area (Å²) in [6.07, 6.45) is 62.6. The quantitative estimate of drug-likeness (QED) is 0.0465. The van der Waals surface area contributed by atoms with E-state index in [1.54, 1.807) is 6.08 Å². The molecule has 1 amide bonds. The highest BCUT2D eigenvalue weighted by atomic mass is 16.3. The van der Waals surface area contributed by atoms with Gasteiger partial charge in [-0.25, -0.2) is 0 Å². The van der Waals surface area contributed by atoms with E-state index in [9.17, 15) is 15.0 Å². The van der Waals surface area contributed by atoms with Crippen molar-refractivity contribution in [1.29, 1.82) is 0 Å². The lowest BCUT2D eigenvalue weighted by Gasteiger charge is -2.19. The van der Waals surface area contributed by atoms with Gasteiger partial charge in [-0.05, 0) is 77.0 Å². The maximum Gasteiger partial charge on any atom is 0.220 e. The normalized spacial score (nSPS) is 14.2. The lowest BCUT2D eigenvalue weighted by Crippen LogP contribution is -2.45. The molecule has 0 aromatic carbocycles.